The largest absolute Gasteiger partial charge is 0.411 e. The van der Waals surface area contributed by atoms with Crippen LogP contribution in [-0.2, 0) is 4.74 Å². The number of nitrogens with zero attached hydrogens (tertiary/aromatic N) is 1. The quantitative estimate of drug-likeness (QED) is 0.383. The van der Waals surface area contributed by atoms with Gasteiger partial charge in [-0.2, -0.15) is 0 Å². The van der Waals surface area contributed by atoms with Crippen LogP contribution in [0.5, 0.6) is 0 Å². The topological polar surface area (TPSA) is 41.8 Å². The highest BCUT2D eigenvalue weighted by molar-refractivity contribution is 7.99. The number of thioether (sulfide) groups is 1. The molecule has 1 aromatic rings. The molecule has 0 heterocycles. The molecule has 98 valence electrons. The van der Waals surface area contributed by atoms with E-state index in [0.717, 1.165) is 43.8 Å². The summed E-state index contributed by atoms with van der Waals surface area (Å²) in [4.78, 5) is 1.29. The van der Waals surface area contributed by atoms with Crippen molar-refractivity contribution in [3.8, 4) is 0 Å². The van der Waals surface area contributed by atoms with Gasteiger partial charge in [-0.05, 0) is 37.8 Å². The summed E-state index contributed by atoms with van der Waals surface area (Å²) in [5.74, 6) is 0.988. The predicted octanol–water partition coefficient (Wildman–Crippen LogP) is 3.57. The van der Waals surface area contributed by atoms with Crippen LogP contribution in [0.3, 0.4) is 0 Å². The fraction of sp³-hybridized carbons (Fsp3) is 0.500. The van der Waals surface area contributed by atoms with Gasteiger partial charge < -0.3 is 9.94 Å². The second-order valence-corrected chi connectivity index (χ2v) is 5.57. The van der Waals surface area contributed by atoms with Crippen LogP contribution < -0.4 is 0 Å². The minimum atomic E-state index is 0.340. The first kappa shape index (κ1) is 13.4. The molecule has 0 aromatic heterocycles. The zero-order valence-corrected chi connectivity index (χ0v) is 11.2. The van der Waals surface area contributed by atoms with E-state index in [1.807, 2.05) is 17.8 Å². The molecule has 1 fully saturated rings. The highest BCUT2D eigenvalue weighted by atomic mass is 32.2. The summed E-state index contributed by atoms with van der Waals surface area (Å²) in [5, 5.41) is 11.9. The molecule has 1 aliphatic carbocycles. The van der Waals surface area contributed by atoms with Crippen LogP contribution in [-0.4, -0.2) is 29.4 Å². The summed E-state index contributed by atoms with van der Waals surface area (Å²) < 4.78 is 5.84. The molecule has 18 heavy (non-hydrogen) atoms. The predicted molar refractivity (Wildman–Crippen MR) is 74.6 cm³/mol. The number of hydrogen-bond acceptors (Lipinski definition) is 4. The molecule has 4 heteroatoms. The Morgan fingerprint density at radius 3 is 2.61 bits per heavy atom. The fourth-order valence-corrected chi connectivity index (χ4v) is 2.85. The lowest BCUT2D eigenvalue weighted by atomic mass is 9.96. The Balaban J connectivity index is 1.59. The van der Waals surface area contributed by atoms with Gasteiger partial charge in [0.05, 0.1) is 18.4 Å². The molecule has 0 bridgehead atoms. The highest BCUT2D eigenvalue weighted by Crippen LogP contribution is 2.20. The lowest BCUT2D eigenvalue weighted by Gasteiger charge is -2.22. The fourth-order valence-electron chi connectivity index (χ4n) is 2.08. The highest BCUT2D eigenvalue weighted by Gasteiger charge is 2.17. The number of oxime groups is 1. The van der Waals surface area contributed by atoms with E-state index in [4.69, 9.17) is 9.94 Å². The van der Waals surface area contributed by atoms with Crippen molar-refractivity contribution in [2.75, 3.05) is 12.4 Å². The molecule has 1 aliphatic rings. The van der Waals surface area contributed by atoms with Crippen molar-refractivity contribution in [1.29, 1.82) is 0 Å². The van der Waals surface area contributed by atoms with E-state index in [1.165, 1.54) is 4.90 Å². The van der Waals surface area contributed by atoms with E-state index in [9.17, 15) is 0 Å². The summed E-state index contributed by atoms with van der Waals surface area (Å²) in [6.07, 6.45) is 4.04. The van der Waals surface area contributed by atoms with Gasteiger partial charge in [-0.3, -0.25) is 0 Å². The molecule has 0 unspecified atom stereocenters. The molecule has 0 radical (unpaired) electrons. The molecule has 0 aliphatic heterocycles. The third kappa shape index (κ3) is 4.35. The van der Waals surface area contributed by atoms with E-state index < -0.39 is 0 Å². The molecule has 1 N–H and O–H groups in total. The lowest BCUT2D eigenvalue weighted by Crippen LogP contribution is -2.22. The lowest BCUT2D eigenvalue weighted by molar-refractivity contribution is 0.0506. The van der Waals surface area contributed by atoms with Crippen LogP contribution in [0.25, 0.3) is 0 Å². The normalized spacial score (nSPS) is 19.8. The van der Waals surface area contributed by atoms with Crippen molar-refractivity contribution >= 4 is 17.5 Å². The van der Waals surface area contributed by atoms with Crippen LogP contribution in [0.15, 0.2) is 40.4 Å². The molecular formula is C14H19NO2S. The van der Waals surface area contributed by atoms with Crippen molar-refractivity contribution in [1.82, 2.24) is 0 Å². The van der Waals surface area contributed by atoms with Gasteiger partial charge in [0.1, 0.15) is 0 Å². The Bertz CT molecular complexity index is 371. The number of benzene rings is 1. The molecule has 3 nitrogen and oxygen atoms in total. The molecule has 0 amide bonds. The summed E-state index contributed by atoms with van der Waals surface area (Å²) in [5.41, 5.74) is 0.911. The summed E-state index contributed by atoms with van der Waals surface area (Å²) in [6.45, 7) is 0.788. The molecule has 1 aromatic carbocycles. The third-order valence-corrected chi connectivity index (χ3v) is 4.08. The van der Waals surface area contributed by atoms with Gasteiger partial charge in [0, 0.05) is 10.6 Å². The van der Waals surface area contributed by atoms with E-state index in [0.29, 0.717) is 6.10 Å². The summed E-state index contributed by atoms with van der Waals surface area (Å²) in [7, 11) is 0. The molecule has 0 atom stereocenters. The Hall–Kier alpha value is -1.00. The maximum Gasteiger partial charge on any atom is 0.0582 e. The van der Waals surface area contributed by atoms with Crippen LogP contribution in [0.2, 0.25) is 0 Å². The van der Waals surface area contributed by atoms with Gasteiger partial charge in [-0.1, -0.05) is 23.4 Å². The van der Waals surface area contributed by atoms with Crippen molar-refractivity contribution in [3.63, 3.8) is 0 Å². The van der Waals surface area contributed by atoms with Crippen molar-refractivity contribution in [3.05, 3.63) is 30.3 Å². The Morgan fingerprint density at radius 2 is 1.94 bits per heavy atom. The first-order valence-corrected chi connectivity index (χ1v) is 7.36. The molecular weight excluding hydrogens is 246 g/mol. The molecule has 2 rings (SSSR count). The number of rotatable bonds is 5. The first-order valence-electron chi connectivity index (χ1n) is 6.38. The van der Waals surface area contributed by atoms with Gasteiger partial charge in [0.15, 0.2) is 0 Å². The maximum atomic E-state index is 8.66. The Morgan fingerprint density at radius 1 is 1.22 bits per heavy atom. The Kier molecular flexibility index (Phi) is 5.55. The van der Waals surface area contributed by atoms with Gasteiger partial charge in [0.25, 0.3) is 0 Å². The second-order valence-electron chi connectivity index (χ2n) is 4.40. The zero-order valence-electron chi connectivity index (χ0n) is 10.4. The average molecular weight is 265 g/mol. The van der Waals surface area contributed by atoms with Crippen LogP contribution in [0, 0.1) is 0 Å². The van der Waals surface area contributed by atoms with Crippen molar-refractivity contribution < 1.29 is 9.94 Å². The smallest absolute Gasteiger partial charge is 0.0582 e. The molecule has 0 saturated heterocycles. The summed E-state index contributed by atoms with van der Waals surface area (Å²) >= 11 is 1.83. The third-order valence-electron chi connectivity index (χ3n) is 3.10. The second kappa shape index (κ2) is 7.44. The van der Waals surface area contributed by atoms with Crippen molar-refractivity contribution in [2.24, 2.45) is 5.16 Å². The van der Waals surface area contributed by atoms with Gasteiger partial charge in [-0.25, -0.2) is 0 Å². The van der Waals surface area contributed by atoms with E-state index >= 15 is 0 Å². The Labute approximate surface area is 112 Å². The van der Waals surface area contributed by atoms with Crippen molar-refractivity contribution in [2.45, 2.75) is 36.7 Å². The average Bonchev–Trinajstić information content (AvgIpc) is 2.45. The zero-order chi connectivity index (χ0) is 12.6. The SMILES string of the molecule is ON=C1CCC(OCCSc2ccccc2)CC1. The van der Waals surface area contributed by atoms with Crippen LogP contribution >= 0.6 is 11.8 Å². The monoisotopic (exact) mass is 265 g/mol. The van der Waals surface area contributed by atoms with Gasteiger partial charge in [-0.15, -0.1) is 11.8 Å². The van der Waals surface area contributed by atoms with Gasteiger partial charge >= 0.3 is 0 Å². The van der Waals surface area contributed by atoms with E-state index in [2.05, 4.69) is 29.4 Å². The van der Waals surface area contributed by atoms with Gasteiger partial charge in [0.2, 0.25) is 0 Å². The van der Waals surface area contributed by atoms with Crippen LogP contribution in [0.1, 0.15) is 25.7 Å². The van der Waals surface area contributed by atoms with E-state index in [1.54, 1.807) is 0 Å². The number of hydrogen-bond donors (Lipinski definition) is 1. The summed E-state index contributed by atoms with van der Waals surface area (Å²) in [6, 6.07) is 10.4. The van der Waals surface area contributed by atoms with E-state index in [-0.39, 0.29) is 0 Å². The molecule has 0 spiro atoms. The maximum absolute atomic E-state index is 8.66. The standard InChI is InChI=1S/C14H19NO2S/c16-15-12-6-8-13(9-7-12)17-10-11-18-14-4-2-1-3-5-14/h1-5,13,16H,6-11H2. The molecule has 1 saturated carbocycles. The minimum Gasteiger partial charge on any atom is -0.411 e. The number of ether oxygens (including phenoxy) is 1. The minimum absolute atomic E-state index is 0.340. The van der Waals surface area contributed by atoms with Crippen LogP contribution in [0.4, 0.5) is 0 Å². The first-order chi connectivity index (χ1) is 8.88.